The minimum absolute atomic E-state index is 0.00365. The Bertz CT molecular complexity index is 622. The molecule has 7 heteroatoms. The van der Waals surface area contributed by atoms with Gasteiger partial charge in [-0.2, -0.15) is 4.31 Å². The fraction of sp³-hybridized carbons (Fsp3) is 0.571. The van der Waals surface area contributed by atoms with Crippen molar-refractivity contribution >= 4 is 21.6 Å². The van der Waals surface area contributed by atoms with Gasteiger partial charge in [-0.3, -0.25) is 0 Å². The van der Waals surface area contributed by atoms with Crippen LogP contribution in [0.25, 0.3) is 0 Å². The van der Waals surface area contributed by atoms with Crippen molar-refractivity contribution < 1.29 is 12.8 Å². The zero-order valence-corrected chi connectivity index (χ0v) is 13.6. The van der Waals surface area contributed by atoms with E-state index >= 15 is 0 Å². The predicted octanol–water partition coefficient (Wildman–Crippen LogP) is 2.89. The van der Waals surface area contributed by atoms with E-state index in [1.54, 1.807) is 0 Å². The molecule has 2 N–H and O–H groups in total. The molecule has 1 aliphatic heterocycles. The lowest BCUT2D eigenvalue weighted by atomic mass is 10.0. The monoisotopic (exact) mass is 334 g/mol. The number of benzene rings is 1. The zero-order valence-electron chi connectivity index (χ0n) is 12.0. The second-order valence-corrected chi connectivity index (χ2v) is 7.52. The van der Waals surface area contributed by atoms with Gasteiger partial charge in [0.25, 0.3) is 0 Å². The molecule has 1 saturated heterocycles. The van der Waals surface area contributed by atoms with Crippen LogP contribution in [0.4, 0.5) is 4.39 Å². The van der Waals surface area contributed by atoms with Crippen LogP contribution in [0.15, 0.2) is 17.0 Å². The minimum atomic E-state index is -3.72. The number of rotatable bonds is 4. The van der Waals surface area contributed by atoms with E-state index in [1.165, 1.54) is 10.4 Å². The molecule has 0 amide bonds. The van der Waals surface area contributed by atoms with E-state index < -0.39 is 15.8 Å². The number of hydrogen-bond acceptors (Lipinski definition) is 3. The smallest absolute Gasteiger partial charge is 0.243 e. The van der Waals surface area contributed by atoms with Crippen molar-refractivity contribution in [2.75, 3.05) is 6.54 Å². The summed E-state index contributed by atoms with van der Waals surface area (Å²) < 4.78 is 40.8. The molecule has 1 unspecified atom stereocenters. The maximum absolute atomic E-state index is 13.8. The first kappa shape index (κ1) is 16.7. The average Bonchev–Trinajstić information content (AvgIpc) is 2.49. The summed E-state index contributed by atoms with van der Waals surface area (Å²) in [6.07, 6.45) is 3.44. The van der Waals surface area contributed by atoms with Crippen molar-refractivity contribution in [3.63, 3.8) is 0 Å². The highest BCUT2D eigenvalue weighted by Crippen LogP contribution is 2.30. The number of hydrogen-bond donors (Lipinski definition) is 1. The van der Waals surface area contributed by atoms with Crippen molar-refractivity contribution in [3.05, 3.63) is 28.5 Å². The zero-order chi connectivity index (χ0) is 15.6. The van der Waals surface area contributed by atoms with Gasteiger partial charge < -0.3 is 5.73 Å². The maximum Gasteiger partial charge on any atom is 0.243 e. The molecule has 1 atom stereocenters. The van der Waals surface area contributed by atoms with E-state index in [0.717, 1.165) is 31.7 Å². The van der Waals surface area contributed by atoms with E-state index in [0.29, 0.717) is 12.1 Å². The van der Waals surface area contributed by atoms with Gasteiger partial charge in [0.1, 0.15) is 5.82 Å². The highest BCUT2D eigenvalue weighted by Gasteiger charge is 2.33. The van der Waals surface area contributed by atoms with Crippen molar-refractivity contribution in [1.29, 1.82) is 0 Å². The second kappa shape index (κ2) is 6.60. The van der Waals surface area contributed by atoms with Gasteiger partial charge in [-0.05, 0) is 37.0 Å². The largest absolute Gasteiger partial charge is 0.326 e. The first-order valence-electron chi connectivity index (χ1n) is 7.11. The van der Waals surface area contributed by atoms with Gasteiger partial charge in [0.2, 0.25) is 10.0 Å². The number of nitrogens with two attached hydrogens (primary N) is 1. The van der Waals surface area contributed by atoms with Crippen LogP contribution in [0.5, 0.6) is 0 Å². The Morgan fingerprint density at radius 1 is 1.43 bits per heavy atom. The molecule has 0 radical (unpaired) electrons. The first-order valence-corrected chi connectivity index (χ1v) is 8.93. The van der Waals surface area contributed by atoms with Gasteiger partial charge in [0, 0.05) is 19.1 Å². The van der Waals surface area contributed by atoms with Gasteiger partial charge in [-0.1, -0.05) is 24.9 Å². The van der Waals surface area contributed by atoms with Crippen LogP contribution in [-0.2, 0) is 16.6 Å². The third-order valence-electron chi connectivity index (χ3n) is 3.95. The van der Waals surface area contributed by atoms with Gasteiger partial charge in [-0.25, -0.2) is 12.8 Å². The third-order valence-corrected chi connectivity index (χ3v) is 6.30. The number of sulfonamides is 1. The summed E-state index contributed by atoms with van der Waals surface area (Å²) in [4.78, 5) is -0.0646. The van der Waals surface area contributed by atoms with E-state index in [4.69, 9.17) is 17.3 Å². The Morgan fingerprint density at radius 3 is 2.76 bits per heavy atom. The highest BCUT2D eigenvalue weighted by atomic mass is 35.5. The Labute approximate surface area is 130 Å². The molecule has 0 bridgehead atoms. The second-order valence-electron chi connectivity index (χ2n) is 5.26. The number of halogens is 2. The number of nitrogens with zero attached hydrogens (tertiary/aromatic N) is 1. The standard InChI is InChI=1S/C14H20ClFN2O2S/c1-2-11-5-3-4-6-18(11)21(19,20)12-7-10(9-17)14(15)13(16)8-12/h7-8,11H,2-6,9,17H2,1H3. The molecule has 1 heterocycles. The summed E-state index contributed by atoms with van der Waals surface area (Å²) in [6, 6.07) is 2.34. The lowest BCUT2D eigenvalue weighted by Crippen LogP contribution is -2.43. The van der Waals surface area contributed by atoms with Gasteiger partial charge in [0.15, 0.2) is 0 Å². The Morgan fingerprint density at radius 2 is 2.14 bits per heavy atom. The lowest BCUT2D eigenvalue weighted by molar-refractivity contribution is 0.246. The maximum atomic E-state index is 13.8. The van der Waals surface area contributed by atoms with Crippen LogP contribution in [0.2, 0.25) is 5.02 Å². The minimum Gasteiger partial charge on any atom is -0.326 e. The topological polar surface area (TPSA) is 63.4 Å². The highest BCUT2D eigenvalue weighted by molar-refractivity contribution is 7.89. The average molecular weight is 335 g/mol. The lowest BCUT2D eigenvalue weighted by Gasteiger charge is -2.34. The SMILES string of the molecule is CCC1CCCCN1S(=O)(=O)c1cc(F)c(Cl)c(CN)c1. The number of piperidine rings is 1. The molecular formula is C14H20ClFN2O2S. The van der Waals surface area contributed by atoms with Gasteiger partial charge >= 0.3 is 0 Å². The molecule has 118 valence electrons. The predicted molar refractivity (Wildman–Crippen MR) is 81.1 cm³/mol. The molecule has 1 fully saturated rings. The van der Waals surface area contributed by atoms with Crippen molar-refractivity contribution in [3.8, 4) is 0 Å². The van der Waals surface area contributed by atoms with Gasteiger partial charge in [-0.15, -0.1) is 0 Å². The molecule has 21 heavy (non-hydrogen) atoms. The van der Waals surface area contributed by atoms with Crippen molar-refractivity contribution in [2.24, 2.45) is 5.73 Å². The normalized spacial score (nSPS) is 20.7. The summed E-state index contributed by atoms with van der Waals surface area (Å²) in [5.41, 5.74) is 5.81. The van der Waals surface area contributed by atoms with Crippen molar-refractivity contribution in [2.45, 2.75) is 50.1 Å². The van der Waals surface area contributed by atoms with Crippen LogP contribution >= 0.6 is 11.6 Å². The van der Waals surface area contributed by atoms with E-state index in [9.17, 15) is 12.8 Å². The summed E-state index contributed by atoms with van der Waals surface area (Å²) >= 11 is 5.79. The van der Waals surface area contributed by atoms with Crippen LogP contribution < -0.4 is 5.73 Å². The first-order chi connectivity index (χ1) is 9.91. The molecule has 4 nitrogen and oxygen atoms in total. The summed E-state index contributed by atoms with van der Waals surface area (Å²) in [5, 5.41) is -0.109. The molecule has 2 rings (SSSR count). The third kappa shape index (κ3) is 3.23. The van der Waals surface area contributed by atoms with Crippen LogP contribution in [0.1, 0.15) is 38.2 Å². The Balaban J connectivity index is 2.46. The fourth-order valence-corrected chi connectivity index (χ4v) is 4.77. The molecule has 0 aromatic heterocycles. The molecule has 0 saturated carbocycles. The molecule has 0 spiro atoms. The van der Waals surface area contributed by atoms with Gasteiger partial charge in [0.05, 0.1) is 9.92 Å². The quantitative estimate of drug-likeness (QED) is 0.920. The van der Waals surface area contributed by atoms with E-state index in [2.05, 4.69) is 0 Å². The Kier molecular flexibility index (Phi) is 5.24. The molecule has 1 aromatic rings. The summed E-state index contributed by atoms with van der Waals surface area (Å²) in [7, 11) is -3.72. The molecule has 1 aliphatic rings. The van der Waals surface area contributed by atoms with Crippen molar-refractivity contribution in [1.82, 2.24) is 4.31 Å². The summed E-state index contributed by atoms with van der Waals surface area (Å²) in [5.74, 6) is -0.747. The molecule has 1 aromatic carbocycles. The fourth-order valence-electron chi connectivity index (χ4n) is 2.75. The van der Waals surface area contributed by atoms with Crippen LogP contribution in [0.3, 0.4) is 0 Å². The Hall–Kier alpha value is -0.690. The van der Waals surface area contributed by atoms with Crippen LogP contribution in [-0.4, -0.2) is 25.3 Å². The molecule has 0 aliphatic carbocycles. The van der Waals surface area contributed by atoms with Crippen LogP contribution in [0, 0.1) is 5.82 Å². The van der Waals surface area contributed by atoms with E-state index in [1.807, 2.05) is 6.92 Å². The summed E-state index contributed by atoms with van der Waals surface area (Å²) in [6.45, 7) is 2.44. The molecular weight excluding hydrogens is 315 g/mol. The van der Waals surface area contributed by atoms with E-state index in [-0.39, 0.29) is 22.5 Å².